The number of halogens is 4. The van der Waals surface area contributed by atoms with Gasteiger partial charge in [-0.15, -0.1) is 49.6 Å². The summed E-state index contributed by atoms with van der Waals surface area (Å²) >= 11 is 0. The van der Waals surface area contributed by atoms with E-state index in [2.05, 4.69) is 0 Å². The normalized spacial score (nSPS) is 0. The molecule has 0 amide bonds. The van der Waals surface area contributed by atoms with E-state index in [9.17, 15) is 0 Å². The quantitative estimate of drug-likeness (QED) is 0.492. The molecule has 0 nitrogen and oxygen atoms in total. The molecule has 0 aliphatic rings. The van der Waals surface area contributed by atoms with Crippen molar-refractivity contribution in [3.8, 4) is 0 Å². The van der Waals surface area contributed by atoms with Crippen molar-refractivity contribution in [3.63, 3.8) is 0 Å². The van der Waals surface area contributed by atoms with Gasteiger partial charge in [-0.05, 0) is 0 Å². The molecular weight excluding hydrogens is 182 g/mol. The van der Waals surface area contributed by atoms with Crippen LogP contribution in [-0.2, 0) is 0 Å². The van der Waals surface area contributed by atoms with Crippen LogP contribution in [0.2, 0.25) is 0 Å². The van der Waals surface area contributed by atoms with E-state index in [1.165, 1.54) is 0 Å². The SMILES string of the molecule is Cl.Cl.Cl.Cl.[CaH2]. The average Bonchev–Trinajstić information content (AvgIpc) is 0. The molecule has 0 rings (SSSR count). The first-order valence-electron chi connectivity index (χ1n) is 0. The van der Waals surface area contributed by atoms with E-state index < -0.39 is 0 Å². The zero-order valence-electron chi connectivity index (χ0n) is 1.63. The summed E-state index contributed by atoms with van der Waals surface area (Å²) in [6, 6.07) is 0. The van der Waals surface area contributed by atoms with E-state index in [0.717, 1.165) is 0 Å². The van der Waals surface area contributed by atoms with Gasteiger partial charge < -0.3 is 0 Å². The molecule has 0 aliphatic carbocycles. The van der Waals surface area contributed by atoms with Gasteiger partial charge >= 0.3 is 37.7 Å². The van der Waals surface area contributed by atoms with E-state index in [1.807, 2.05) is 0 Å². The molecule has 0 heterocycles. The summed E-state index contributed by atoms with van der Waals surface area (Å²) in [5, 5.41) is 0. The number of rotatable bonds is 0. The summed E-state index contributed by atoms with van der Waals surface area (Å²) in [7, 11) is 0. The molecule has 5 heavy (non-hydrogen) atoms. The molecule has 0 spiro atoms. The van der Waals surface area contributed by atoms with Gasteiger partial charge in [-0.2, -0.15) is 0 Å². The van der Waals surface area contributed by atoms with Crippen LogP contribution in [0.1, 0.15) is 0 Å². The van der Waals surface area contributed by atoms with Crippen molar-refractivity contribution in [3.05, 3.63) is 0 Å². The van der Waals surface area contributed by atoms with Crippen molar-refractivity contribution in [1.82, 2.24) is 0 Å². The predicted octanol–water partition coefficient (Wildman–Crippen LogP) is 0.771. The molecular formula is H6CaCl4. The Hall–Kier alpha value is 2.42. The van der Waals surface area contributed by atoms with Gasteiger partial charge in [0, 0.05) is 0 Å². The third-order valence-electron chi connectivity index (χ3n) is 0. The minimum atomic E-state index is 0. The van der Waals surface area contributed by atoms with Gasteiger partial charge in [0.05, 0.1) is 0 Å². The molecule has 0 N–H and O–H groups in total. The molecule has 36 valence electrons. The van der Waals surface area contributed by atoms with Crippen LogP contribution in [0.5, 0.6) is 0 Å². The summed E-state index contributed by atoms with van der Waals surface area (Å²) in [5.41, 5.74) is 0. The Morgan fingerprint density at radius 1 is 0.400 bits per heavy atom. The van der Waals surface area contributed by atoms with E-state index in [4.69, 9.17) is 0 Å². The second-order valence-corrected chi connectivity index (χ2v) is 0. The van der Waals surface area contributed by atoms with Crippen molar-refractivity contribution in [2.45, 2.75) is 0 Å². The topological polar surface area (TPSA) is 0 Å². The molecule has 0 aliphatic heterocycles. The Kier molecular flexibility index (Phi) is 336. The fourth-order valence-electron chi connectivity index (χ4n) is 0. The Balaban J connectivity index is 0. The zero-order chi connectivity index (χ0) is 0. The van der Waals surface area contributed by atoms with Gasteiger partial charge in [-0.25, -0.2) is 0 Å². The van der Waals surface area contributed by atoms with Crippen LogP contribution in [-0.4, -0.2) is 37.7 Å². The monoisotopic (exact) mass is 186 g/mol. The van der Waals surface area contributed by atoms with Crippen LogP contribution in [0.15, 0.2) is 0 Å². The van der Waals surface area contributed by atoms with Crippen molar-refractivity contribution < 1.29 is 0 Å². The van der Waals surface area contributed by atoms with Crippen LogP contribution in [0.3, 0.4) is 0 Å². The third-order valence-corrected chi connectivity index (χ3v) is 0. The average molecular weight is 188 g/mol. The van der Waals surface area contributed by atoms with E-state index >= 15 is 0 Å². The molecule has 0 aromatic heterocycles. The fraction of sp³-hybridized carbons (Fsp3) is 0. The number of hydrogen-bond donors (Lipinski definition) is 0. The van der Waals surface area contributed by atoms with Gasteiger partial charge in [0.15, 0.2) is 0 Å². The zero-order valence-corrected chi connectivity index (χ0v) is 4.90. The van der Waals surface area contributed by atoms with Crippen LogP contribution in [0, 0.1) is 0 Å². The van der Waals surface area contributed by atoms with Gasteiger partial charge in [0.1, 0.15) is 0 Å². The maximum atomic E-state index is 0. The third kappa shape index (κ3) is 21.4. The second-order valence-electron chi connectivity index (χ2n) is 0. The minimum absolute atomic E-state index is 0. The molecule has 0 unspecified atom stereocenters. The first kappa shape index (κ1) is 52.2. The van der Waals surface area contributed by atoms with Crippen LogP contribution < -0.4 is 0 Å². The molecule has 0 fully saturated rings. The molecule has 0 radical (unpaired) electrons. The van der Waals surface area contributed by atoms with E-state index in [1.54, 1.807) is 0 Å². The maximum absolute atomic E-state index is 0. The molecule has 5 heteroatoms. The molecule has 0 aromatic rings. The Bertz CT molecular complexity index is 3.61. The summed E-state index contributed by atoms with van der Waals surface area (Å²) in [6.45, 7) is 0. The Labute approximate surface area is 86.1 Å². The summed E-state index contributed by atoms with van der Waals surface area (Å²) in [4.78, 5) is 0. The number of hydrogen-bond acceptors (Lipinski definition) is 0. The standard InChI is InChI=1S/Ca.4ClH.2H/h;4*1H;;. The van der Waals surface area contributed by atoms with Gasteiger partial charge in [-0.3, -0.25) is 0 Å². The summed E-state index contributed by atoms with van der Waals surface area (Å²) in [6.07, 6.45) is 0. The molecule has 0 bridgehead atoms. The molecule has 0 saturated carbocycles. The predicted molar refractivity (Wildman–Crippen MR) is 37.5 cm³/mol. The van der Waals surface area contributed by atoms with Crippen molar-refractivity contribution in [2.24, 2.45) is 0 Å². The fourth-order valence-corrected chi connectivity index (χ4v) is 0. The van der Waals surface area contributed by atoms with Crippen LogP contribution in [0.4, 0.5) is 0 Å². The van der Waals surface area contributed by atoms with Crippen molar-refractivity contribution in [2.75, 3.05) is 0 Å². The Morgan fingerprint density at radius 3 is 0.400 bits per heavy atom. The second kappa shape index (κ2) is 32.2. The van der Waals surface area contributed by atoms with E-state index in [0.29, 0.717) is 0 Å². The molecule has 0 atom stereocenters. The first-order valence-corrected chi connectivity index (χ1v) is 0. The van der Waals surface area contributed by atoms with E-state index in [-0.39, 0.29) is 87.4 Å². The first-order chi connectivity index (χ1) is 0. The molecule has 0 aromatic carbocycles. The van der Waals surface area contributed by atoms with Crippen molar-refractivity contribution in [1.29, 1.82) is 0 Å². The van der Waals surface area contributed by atoms with Gasteiger partial charge in [0.2, 0.25) is 0 Å². The van der Waals surface area contributed by atoms with Gasteiger partial charge in [-0.1, -0.05) is 0 Å². The summed E-state index contributed by atoms with van der Waals surface area (Å²) in [5.74, 6) is 0. The summed E-state index contributed by atoms with van der Waals surface area (Å²) < 4.78 is 0. The Morgan fingerprint density at radius 2 is 0.400 bits per heavy atom. The van der Waals surface area contributed by atoms with Crippen LogP contribution >= 0.6 is 49.6 Å². The van der Waals surface area contributed by atoms with Crippen LogP contribution in [0.25, 0.3) is 0 Å². The molecule has 0 saturated heterocycles. The van der Waals surface area contributed by atoms with Crippen molar-refractivity contribution >= 4 is 87.4 Å². The van der Waals surface area contributed by atoms with Gasteiger partial charge in [0.25, 0.3) is 0 Å².